The van der Waals surface area contributed by atoms with Gasteiger partial charge < -0.3 is 4.90 Å². The standard InChI is InChI=1S/C12H13NO2/c1-8-3-4-11(9(2)5-8)13-7-10(14)6-12(13)15/h3-5H,6-7H2,1-2H3. The molecule has 1 fully saturated rings. The summed E-state index contributed by atoms with van der Waals surface area (Å²) >= 11 is 0. The summed E-state index contributed by atoms with van der Waals surface area (Å²) < 4.78 is 0. The zero-order valence-corrected chi connectivity index (χ0v) is 8.91. The van der Waals surface area contributed by atoms with E-state index in [0.717, 1.165) is 16.8 Å². The molecule has 0 aromatic heterocycles. The van der Waals surface area contributed by atoms with Crippen molar-refractivity contribution in [1.29, 1.82) is 0 Å². The molecule has 1 heterocycles. The van der Waals surface area contributed by atoms with Gasteiger partial charge in [-0.1, -0.05) is 17.7 Å². The van der Waals surface area contributed by atoms with E-state index < -0.39 is 0 Å². The summed E-state index contributed by atoms with van der Waals surface area (Å²) in [5, 5.41) is 0. The minimum atomic E-state index is -0.0908. The number of benzene rings is 1. The Morgan fingerprint density at radius 2 is 1.93 bits per heavy atom. The molecule has 1 aromatic carbocycles. The Morgan fingerprint density at radius 3 is 2.47 bits per heavy atom. The molecular formula is C12H13NO2. The van der Waals surface area contributed by atoms with Gasteiger partial charge in [-0.25, -0.2) is 0 Å². The fraction of sp³-hybridized carbons (Fsp3) is 0.333. The molecule has 1 aromatic rings. The van der Waals surface area contributed by atoms with Gasteiger partial charge in [0, 0.05) is 5.69 Å². The van der Waals surface area contributed by atoms with Crippen LogP contribution in [0.25, 0.3) is 0 Å². The van der Waals surface area contributed by atoms with Crippen molar-refractivity contribution >= 4 is 17.4 Å². The Hall–Kier alpha value is -1.64. The number of carbonyl (C=O) groups excluding carboxylic acids is 2. The van der Waals surface area contributed by atoms with Gasteiger partial charge in [-0.05, 0) is 25.5 Å². The fourth-order valence-electron chi connectivity index (χ4n) is 1.91. The van der Waals surface area contributed by atoms with Crippen molar-refractivity contribution < 1.29 is 9.59 Å². The van der Waals surface area contributed by atoms with Crippen molar-refractivity contribution in [1.82, 2.24) is 0 Å². The Bertz CT molecular complexity index is 437. The second-order valence-electron chi connectivity index (χ2n) is 3.99. The summed E-state index contributed by atoms with van der Waals surface area (Å²) in [5.41, 5.74) is 3.06. The van der Waals surface area contributed by atoms with Gasteiger partial charge in [0.2, 0.25) is 5.91 Å². The van der Waals surface area contributed by atoms with Crippen LogP contribution in [-0.2, 0) is 9.59 Å². The molecule has 2 rings (SSSR count). The molecule has 0 saturated carbocycles. The molecule has 0 unspecified atom stereocenters. The topological polar surface area (TPSA) is 37.4 Å². The Balaban J connectivity index is 2.38. The van der Waals surface area contributed by atoms with Gasteiger partial charge in [0.15, 0.2) is 5.78 Å². The van der Waals surface area contributed by atoms with E-state index >= 15 is 0 Å². The maximum Gasteiger partial charge on any atom is 0.234 e. The predicted molar refractivity (Wildman–Crippen MR) is 57.9 cm³/mol. The first-order valence-corrected chi connectivity index (χ1v) is 4.97. The maximum absolute atomic E-state index is 11.5. The van der Waals surface area contributed by atoms with E-state index in [1.54, 1.807) is 4.90 Å². The van der Waals surface area contributed by atoms with Gasteiger partial charge in [-0.3, -0.25) is 9.59 Å². The number of ketones is 1. The Kier molecular flexibility index (Phi) is 2.31. The first-order chi connectivity index (χ1) is 7.08. The zero-order valence-electron chi connectivity index (χ0n) is 8.91. The summed E-state index contributed by atoms with van der Waals surface area (Å²) in [6.07, 6.45) is 0.0489. The molecule has 0 radical (unpaired) electrons. The van der Waals surface area contributed by atoms with Gasteiger partial charge in [-0.15, -0.1) is 0 Å². The van der Waals surface area contributed by atoms with E-state index in [2.05, 4.69) is 0 Å². The number of carbonyl (C=O) groups is 2. The fourth-order valence-corrected chi connectivity index (χ4v) is 1.91. The zero-order chi connectivity index (χ0) is 11.0. The van der Waals surface area contributed by atoms with E-state index in [9.17, 15) is 9.59 Å². The molecule has 3 heteroatoms. The lowest BCUT2D eigenvalue weighted by atomic mass is 10.1. The number of Topliss-reactive ketones (excluding diaryl/α,β-unsaturated/α-hetero) is 1. The van der Waals surface area contributed by atoms with Gasteiger partial charge in [0.1, 0.15) is 0 Å². The van der Waals surface area contributed by atoms with Crippen LogP contribution in [0, 0.1) is 13.8 Å². The van der Waals surface area contributed by atoms with Crippen LogP contribution in [0.5, 0.6) is 0 Å². The molecule has 15 heavy (non-hydrogen) atoms. The van der Waals surface area contributed by atoms with Crippen LogP contribution in [-0.4, -0.2) is 18.2 Å². The molecular weight excluding hydrogens is 190 g/mol. The quantitative estimate of drug-likeness (QED) is 0.650. The Morgan fingerprint density at radius 1 is 1.20 bits per heavy atom. The third-order valence-electron chi connectivity index (χ3n) is 2.63. The van der Waals surface area contributed by atoms with Crippen molar-refractivity contribution in [3.05, 3.63) is 29.3 Å². The highest BCUT2D eigenvalue weighted by atomic mass is 16.2. The van der Waals surface area contributed by atoms with Crippen LogP contribution in [0.1, 0.15) is 17.5 Å². The molecule has 0 bridgehead atoms. The molecule has 1 saturated heterocycles. The smallest absolute Gasteiger partial charge is 0.234 e. The minimum absolute atomic E-state index is 0.0000231. The predicted octanol–water partition coefficient (Wildman–Crippen LogP) is 1.61. The maximum atomic E-state index is 11.5. The number of amides is 1. The molecule has 1 amide bonds. The van der Waals surface area contributed by atoms with Crippen LogP contribution in [0.3, 0.4) is 0 Å². The summed E-state index contributed by atoms with van der Waals surface area (Å²) in [7, 11) is 0. The third-order valence-corrected chi connectivity index (χ3v) is 2.63. The van der Waals surface area contributed by atoms with E-state index in [4.69, 9.17) is 0 Å². The first kappa shape index (κ1) is 9.90. The highest BCUT2D eigenvalue weighted by Crippen LogP contribution is 2.24. The highest BCUT2D eigenvalue weighted by molar-refractivity contribution is 6.15. The lowest BCUT2D eigenvalue weighted by molar-refractivity contribution is -0.121. The van der Waals surface area contributed by atoms with Crippen molar-refractivity contribution in [2.75, 3.05) is 11.4 Å². The van der Waals surface area contributed by atoms with Crippen LogP contribution < -0.4 is 4.90 Å². The molecule has 0 atom stereocenters. The lowest BCUT2D eigenvalue weighted by Gasteiger charge is -2.17. The Labute approximate surface area is 88.7 Å². The van der Waals surface area contributed by atoms with Crippen LogP contribution in [0.4, 0.5) is 5.69 Å². The summed E-state index contributed by atoms with van der Waals surface area (Å²) in [5.74, 6) is -0.0908. The second-order valence-corrected chi connectivity index (χ2v) is 3.99. The monoisotopic (exact) mass is 203 g/mol. The van der Waals surface area contributed by atoms with E-state index in [-0.39, 0.29) is 24.7 Å². The van der Waals surface area contributed by atoms with Crippen LogP contribution in [0.15, 0.2) is 18.2 Å². The number of aryl methyl sites for hydroxylation is 2. The van der Waals surface area contributed by atoms with E-state index in [0.29, 0.717) is 0 Å². The largest absolute Gasteiger partial charge is 0.304 e. The number of nitrogens with zero attached hydrogens (tertiary/aromatic N) is 1. The van der Waals surface area contributed by atoms with Crippen LogP contribution in [0.2, 0.25) is 0 Å². The van der Waals surface area contributed by atoms with E-state index in [1.807, 2.05) is 32.0 Å². The molecule has 1 aliphatic heterocycles. The van der Waals surface area contributed by atoms with Crippen molar-refractivity contribution in [2.24, 2.45) is 0 Å². The summed E-state index contributed by atoms with van der Waals surface area (Å²) in [4.78, 5) is 24.2. The van der Waals surface area contributed by atoms with Crippen molar-refractivity contribution in [3.63, 3.8) is 0 Å². The van der Waals surface area contributed by atoms with Gasteiger partial charge in [0.25, 0.3) is 0 Å². The first-order valence-electron chi connectivity index (χ1n) is 4.97. The molecule has 78 valence electrons. The second kappa shape index (κ2) is 3.50. The highest BCUT2D eigenvalue weighted by Gasteiger charge is 2.29. The summed E-state index contributed by atoms with van der Waals surface area (Å²) in [6, 6.07) is 5.88. The van der Waals surface area contributed by atoms with Gasteiger partial charge >= 0.3 is 0 Å². The molecule has 1 aliphatic rings. The number of hydrogen-bond donors (Lipinski definition) is 0. The number of anilines is 1. The number of rotatable bonds is 1. The van der Waals surface area contributed by atoms with Crippen molar-refractivity contribution in [3.8, 4) is 0 Å². The molecule has 3 nitrogen and oxygen atoms in total. The van der Waals surface area contributed by atoms with Gasteiger partial charge in [-0.2, -0.15) is 0 Å². The molecule has 0 N–H and O–H groups in total. The van der Waals surface area contributed by atoms with Gasteiger partial charge in [0.05, 0.1) is 13.0 Å². The summed E-state index contributed by atoms with van der Waals surface area (Å²) in [6.45, 7) is 4.19. The van der Waals surface area contributed by atoms with Crippen LogP contribution >= 0.6 is 0 Å². The molecule has 0 aliphatic carbocycles. The van der Waals surface area contributed by atoms with E-state index in [1.165, 1.54) is 0 Å². The SMILES string of the molecule is Cc1ccc(N2CC(=O)CC2=O)c(C)c1. The lowest BCUT2D eigenvalue weighted by Crippen LogP contribution is -2.25. The normalized spacial score (nSPS) is 16.3. The third kappa shape index (κ3) is 1.77. The average Bonchev–Trinajstić information content (AvgIpc) is 2.45. The number of hydrogen-bond acceptors (Lipinski definition) is 2. The molecule has 0 spiro atoms. The minimum Gasteiger partial charge on any atom is -0.304 e. The van der Waals surface area contributed by atoms with Crippen molar-refractivity contribution in [2.45, 2.75) is 20.3 Å². The average molecular weight is 203 g/mol.